The van der Waals surface area contributed by atoms with Crippen molar-refractivity contribution in [2.24, 2.45) is 0 Å². The number of rotatable bonds is 14. The van der Waals surface area contributed by atoms with Crippen molar-refractivity contribution < 1.29 is 23.1 Å². The Morgan fingerprint density at radius 1 is 0.410 bits per heavy atom. The van der Waals surface area contributed by atoms with Crippen LogP contribution in [0.2, 0.25) is 0 Å². The van der Waals surface area contributed by atoms with Gasteiger partial charge in [0.25, 0.3) is 0 Å². The molecule has 4 rings (SSSR count). The summed E-state index contributed by atoms with van der Waals surface area (Å²) >= 11 is 0. The van der Waals surface area contributed by atoms with E-state index in [0.29, 0.717) is 26.4 Å². The van der Waals surface area contributed by atoms with Gasteiger partial charge in [0.1, 0.15) is 0 Å². The molecule has 0 unspecified atom stereocenters. The van der Waals surface area contributed by atoms with Crippen molar-refractivity contribution in [2.45, 2.75) is 26.4 Å². The van der Waals surface area contributed by atoms with Crippen molar-refractivity contribution in [3.8, 4) is 0 Å². The minimum Gasteiger partial charge on any atom is -0.446 e. The predicted octanol–water partition coefficient (Wildman–Crippen LogP) is 2.66. The predicted molar refractivity (Wildman–Crippen MR) is 163 cm³/mol. The standard InChI is InChI=1S/C32H38O5Si2/c1-33-21-25-9-5-13-29(17-25)38(30-14-6-10-26(18-30)22-34-2)37-39(31-15-7-11-27(19-31)23-35-3)32-16-8-12-28(20-32)24-36-4/h5-20,38-39H,21-24H2,1-4H3. The first kappa shape index (κ1) is 29.1. The molecule has 0 N–H and O–H groups in total. The highest BCUT2D eigenvalue weighted by atomic mass is 28.4. The lowest BCUT2D eigenvalue weighted by atomic mass is 10.2. The van der Waals surface area contributed by atoms with Crippen LogP contribution in [-0.2, 0) is 49.5 Å². The Labute approximate surface area is 235 Å². The van der Waals surface area contributed by atoms with Gasteiger partial charge >= 0.3 is 0 Å². The first-order chi connectivity index (χ1) is 19.1. The van der Waals surface area contributed by atoms with Crippen molar-refractivity contribution in [1.82, 2.24) is 0 Å². The van der Waals surface area contributed by atoms with Crippen LogP contribution < -0.4 is 20.7 Å². The molecule has 0 bridgehead atoms. The fraction of sp³-hybridized carbons (Fsp3) is 0.250. The van der Waals surface area contributed by atoms with E-state index in [0.717, 1.165) is 22.3 Å². The molecule has 0 fully saturated rings. The summed E-state index contributed by atoms with van der Waals surface area (Å²) in [6.07, 6.45) is 0. The van der Waals surface area contributed by atoms with Crippen LogP contribution in [0.3, 0.4) is 0 Å². The lowest BCUT2D eigenvalue weighted by Crippen LogP contribution is -2.56. The van der Waals surface area contributed by atoms with Gasteiger partial charge in [-0.25, -0.2) is 0 Å². The van der Waals surface area contributed by atoms with E-state index in [1.807, 2.05) is 0 Å². The van der Waals surface area contributed by atoms with Crippen LogP contribution in [0.5, 0.6) is 0 Å². The second kappa shape index (κ2) is 15.0. The molecular weight excluding hydrogens is 521 g/mol. The molecule has 39 heavy (non-hydrogen) atoms. The van der Waals surface area contributed by atoms with Gasteiger partial charge in [-0.3, -0.25) is 0 Å². The molecule has 0 radical (unpaired) electrons. The van der Waals surface area contributed by atoms with Crippen LogP contribution in [-0.4, -0.2) is 46.5 Å². The summed E-state index contributed by atoms with van der Waals surface area (Å²) in [7, 11) is 2.67. The number of hydrogen-bond donors (Lipinski definition) is 0. The van der Waals surface area contributed by atoms with Crippen molar-refractivity contribution in [2.75, 3.05) is 28.4 Å². The fourth-order valence-corrected chi connectivity index (χ4v) is 11.9. The molecule has 0 amide bonds. The average Bonchev–Trinajstić information content (AvgIpc) is 2.95. The quantitative estimate of drug-likeness (QED) is 0.223. The third-order valence-corrected chi connectivity index (χ3v) is 12.6. The van der Waals surface area contributed by atoms with Gasteiger partial charge in [0.15, 0.2) is 0 Å². The van der Waals surface area contributed by atoms with Crippen LogP contribution >= 0.6 is 0 Å². The molecule has 0 aliphatic heterocycles. The third-order valence-electron chi connectivity index (χ3n) is 6.53. The number of ether oxygens (including phenoxy) is 4. The summed E-state index contributed by atoms with van der Waals surface area (Å²) in [5.41, 5.74) is 4.58. The first-order valence-corrected chi connectivity index (χ1v) is 16.4. The van der Waals surface area contributed by atoms with Crippen molar-refractivity contribution in [3.63, 3.8) is 0 Å². The molecule has 0 atom stereocenters. The fourth-order valence-electron chi connectivity index (χ4n) is 4.89. The highest BCUT2D eigenvalue weighted by molar-refractivity contribution is 6.91. The van der Waals surface area contributed by atoms with Gasteiger partial charge in [0.2, 0.25) is 18.1 Å². The normalized spacial score (nSPS) is 11.4. The Kier molecular flexibility index (Phi) is 11.2. The zero-order valence-corrected chi connectivity index (χ0v) is 25.6. The molecule has 4 aromatic carbocycles. The Bertz CT molecular complexity index is 1130. The Morgan fingerprint density at radius 2 is 0.667 bits per heavy atom. The van der Waals surface area contributed by atoms with Crippen LogP contribution in [0.1, 0.15) is 22.3 Å². The Balaban J connectivity index is 1.84. The van der Waals surface area contributed by atoms with Gasteiger partial charge in [0, 0.05) is 28.4 Å². The molecule has 0 aliphatic rings. The summed E-state index contributed by atoms with van der Waals surface area (Å²) in [4.78, 5) is 0. The number of methoxy groups -OCH3 is 4. The van der Waals surface area contributed by atoms with Crippen LogP contribution in [0.25, 0.3) is 0 Å². The molecule has 5 nitrogen and oxygen atoms in total. The largest absolute Gasteiger partial charge is 0.446 e. The topological polar surface area (TPSA) is 46.2 Å². The van der Waals surface area contributed by atoms with E-state index < -0.39 is 18.1 Å². The van der Waals surface area contributed by atoms with Crippen LogP contribution in [0, 0.1) is 0 Å². The third kappa shape index (κ3) is 8.06. The van der Waals surface area contributed by atoms with E-state index in [1.54, 1.807) is 28.4 Å². The molecule has 0 aromatic heterocycles. The zero-order valence-electron chi connectivity index (χ0n) is 23.3. The molecule has 0 aliphatic carbocycles. The second-order valence-electron chi connectivity index (χ2n) is 9.61. The molecular formula is C32H38O5Si2. The van der Waals surface area contributed by atoms with E-state index in [2.05, 4.69) is 97.1 Å². The van der Waals surface area contributed by atoms with E-state index in [-0.39, 0.29) is 0 Å². The summed E-state index contributed by atoms with van der Waals surface area (Å²) in [5, 5.41) is 4.94. The lowest BCUT2D eigenvalue weighted by molar-refractivity contribution is 0.185. The molecule has 0 spiro atoms. The van der Waals surface area contributed by atoms with Gasteiger partial charge in [-0.05, 0) is 43.0 Å². The van der Waals surface area contributed by atoms with Crippen LogP contribution in [0.15, 0.2) is 97.1 Å². The summed E-state index contributed by atoms with van der Waals surface area (Å²) < 4.78 is 29.3. The van der Waals surface area contributed by atoms with Crippen molar-refractivity contribution >= 4 is 38.8 Å². The summed E-state index contributed by atoms with van der Waals surface area (Å²) in [6, 6.07) is 34.7. The van der Waals surface area contributed by atoms with E-state index in [1.165, 1.54) is 20.7 Å². The zero-order chi connectivity index (χ0) is 27.5. The molecule has 4 aromatic rings. The molecule has 0 saturated carbocycles. The smallest absolute Gasteiger partial charge is 0.228 e. The van der Waals surface area contributed by atoms with Gasteiger partial charge in [-0.1, -0.05) is 97.1 Å². The second-order valence-corrected chi connectivity index (χ2v) is 14.9. The number of hydrogen-bond acceptors (Lipinski definition) is 5. The maximum atomic E-state index is 7.44. The molecule has 0 saturated heterocycles. The lowest BCUT2D eigenvalue weighted by Gasteiger charge is -2.26. The SMILES string of the molecule is COCc1cccc([SiH](O[SiH](c2cccc(COC)c2)c2cccc(COC)c2)c2cccc(COC)c2)c1. The summed E-state index contributed by atoms with van der Waals surface area (Å²) in [5.74, 6) is 0. The maximum Gasteiger partial charge on any atom is 0.228 e. The molecule has 0 heterocycles. The van der Waals surface area contributed by atoms with E-state index >= 15 is 0 Å². The van der Waals surface area contributed by atoms with Crippen molar-refractivity contribution in [3.05, 3.63) is 119 Å². The monoisotopic (exact) mass is 558 g/mol. The Hall–Kier alpha value is -2.89. The highest BCUT2D eigenvalue weighted by Crippen LogP contribution is 2.09. The van der Waals surface area contributed by atoms with E-state index in [4.69, 9.17) is 23.1 Å². The molecule has 204 valence electrons. The van der Waals surface area contributed by atoms with Gasteiger partial charge in [-0.15, -0.1) is 0 Å². The van der Waals surface area contributed by atoms with E-state index in [9.17, 15) is 0 Å². The van der Waals surface area contributed by atoms with Gasteiger partial charge < -0.3 is 23.1 Å². The summed E-state index contributed by atoms with van der Waals surface area (Å²) in [6.45, 7) is 2.27. The minimum atomic E-state index is -2.13. The van der Waals surface area contributed by atoms with Gasteiger partial charge in [0.05, 0.1) is 26.4 Å². The number of benzene rings is 4. The first-order valence-electron chi connectivity index (χ1n) is 13.1. The molecule has 7 heteroatoms. The highest BCUT2D eigenvalue weighted by Gasteiger charge is 2.27. The van der Waals surface area contributed by atoms with Crippen LogP contribution in [0.4, 0.5) is 0 Å². The van der Waals surface area contributed by atoms with Crippen molar-refractivity contribution in [1.29, 1.82) is 0 Å². The minimum absolute atomic E-state index is 0.567. The average molecular weight is 559 g/mol. The maximum absolute atomic E-state index is 7.44. The Morgan fingerprint density at radius 3 is 0.897 bits per heavy atom. The van der Waals surface area contributed by atoms with Gasteiger partial charge in [-0.2, -0.15) is 0 Å².